The van der Waals surface area contributed by atoms with Crippen molar-refractivity contribution >= 4 is 35.1 Å². The fourth-order valence-electron chi connectivity index (χ4n) is 2.34. The van der Waals surface area contributed by atoms with E-state index in [0.717, 1.165) is 11.3 Å². The van der Waals surface area contributed by atoms with Crippen LogP contribution in [-0.4, -0.2) is 49.4 Å². The van der Waals surface area contributed by atoms with E-state index in [1.54, 1.807) is 24.3 Å². The van der Waals surface area contributed by atoms with Gasteiger partial charge in [0.15, 0.2) is 13.1 Å². The number of hydrogen-bond acceptors (Lipinski definition) is 4. The molecule has 5 N–H and O–H groups in total. The lowest BCUT2D eigenvalue weighted by molar-refractivity contribution is -0.881. The second-order valence-electron chi connectivity index (χ2n) is 6.59. The first-order chi connectivity index (χ1) is 13.2. The molecule has 2 atom stereocenters. The molecule has 9 nitrogen and oxygen atoms in total. The standard InChI is InChI=1S/C19H29N5O4/c1-5-13(3)20-19(28)23-18(27)12-24(6-2)11-17(26)22-16-9-7-15(8-10-16)21-14(4)25/h7-10,13H,5-6,11-12H2,1-4H3,(H,21,25)(H,22,26)(H2,20,23,27,28)/p+1/t13-/m1/s1. The number of benzene rings is 1. The van der Waals surface area contributed by atoms with Gasteiger partial charge in [0.1, 0.15) is 0 Å². The monoisotopic (exact) mass is 392 g/mol. The summed E-state index contributed by atoms with van der Waals surface area (Å²) >= 11 is 0. The molecule has 1 rings (SSSR count). The number of quaternary nitrogens is 1. The molecule has 9 heteroatoms. The highest BCUT2D eigenvalue weighted by atomic mass is 16.2. The molecule has 0 saturated carbocycles. The zero-order valence-electron chi connectivity index (χ0n) is 16.8. The minimum Gasteiger partial charge on any atom is -0.335 e. The second kappa shape index (κ2) is 11.7. The Kier molecular flexibility index (Phi) is 9.66. The molecule has 0 aliphatic carbocycles. The van der Waals surface area contributed by atoms with E-state index in [0.29, 0.717) is 17.9 Å². The molecule has 0 aromatic heterocycles. The highest BCUT2D eigenvalue weighted by molar-refractivity contribution is 5.95. The van der Waals surface area contributed by atoms with Gasteiger partial charge in [-0.25, -0.2) is 4.79 Å². The first-order valence-corrected chi connectivity index (χ1v) is 9.34. The van der Waals surface area contributed by atoms with Crippen LogP contribution >= 0.6 is 0 Å². The molecule has 1 unspecified atom stereocenters. The SMILES string of the molecule is CC[C@@H](C)NC(=O)NC(=O)C[NH+](CC)CC(=O)Nc1ccc(NC(C)=O)cc1. The Bertz CT molecular complexity index is 690. The van der Waals surface area contributed by atoms with Crippen molar-refractivity contribution in [3.8, 4) is 0 Å². The van der Waals surface area contributed by atoms with Crippen LogP contribution in [0.1, 0.15) is 34.1 Å². The first-order valence-electron chi connectivity index (χ1n) is 9.34. The molecule has 0 bridgehead atoms. The van der Waals surface area contributed by atoms with Crippen LogP contribution in [0.5, 0.6) is 0 Å². The van der Waals surface area contributed by atoms with Gasteiger partial charge in [-0.15, -0.1) is 0 Å². The average molecular weight is 392 g/mol. The Morgan fingerprint density at radius 2 is 1.46 bits per heavy atom. The number of urea groups is 1. The Balaban J connectivity index is 2.48. The number of likely N-dealkylation sites (N-methyl/N-ethyl adjacent to an activating group) is 1. The summed E-state index contributed by atoms with van der Waals surface area (Å²) in [6.45, 7) is 7.71. The van der Waals surface area contributed by atoms with Crippen molar-refractivity contribution in [1.29, 1.82) is 0 Å². The fourth-order valence-corrected chi connectivity index (χ4v) is 2.34. The summed E-state index contributed by atoms with van der Waals surface area (Å²) < 4.78 is 0. The normalized spacial score (nSPS) is 12.4. The van der Waals surface area contributed by atoms with Crippen LogP contribution < -0.4 is 26.2 Å². The van der Waals surface area contributed by atoms with E-state index in [9.17, 15) is 19.2 Å². The van der Waals surface area contributed by atoms with E-state index in [-0.39, 0.29) is 30.9 Å². The fraction of sp³-hybridized carbons (Fsp3) is 0.474. The highest BCUT2D eigenvalue weighted by Crippen LogP contribution is 2.13. The lowest BCUT2D eigenvalue weighted by atomic mass is 10.2. The van der Waals surface area contributed by atoms with Crippen molar-refractivity contribution in [2.45, 2.75) is 40.2 Å². The van der Waals surface area contributed by atoms with E-state index >= 15 is 0 Å². The zero-order chi connectivity index (χ0) is 21.1. The third-order valence-electron chi connectivity index (χ3n) is 4.05. The van der Waals surface area contributed by atoms with Crippen LogP contribution in [0.4, 0.5) is 16.2 Å². The molecule has 0 radical (unpaired) electrons. The van der Waals surface area contributed by atoms with E-state index in [2.05, 4.69) is 21.3 Å². The van der Waals surface area contributed by atoms with Crippen LogP contribution in [0.25, 0.3) is 0 Å². The zero-order valence-corrected chi connectivity index (χ0v) is 16.8. The smallest absolute Gasteiger partial charge is 0.321 e. The number of amides is 5. The van der Waals surface area contributed by atoms with Crippen LogP contribution in [0.2, 0.25) is 0 Å². The maximum Gasteiger partial charge on any atom is 0.321 e. The minimum atomic E-state index is -0.529. The third-order valence-corrected chi connectivity index (χ3v) is 4.05. The van der Waals surface area contributed by atoms with Crippen LogP contribution in [-0.2, 0) is 14.4 Å². The maximum atomic E-state index is 12.2. The van der Waals surface area contributed by atoms with E-state index in [1.807, 2.05) is 20.8 Å². The van der Waals surface area contributed by atoms with Gasteiger partial charge in [-0.3, -0.25) is 19.7 Å². The van der Waals surface area contributed by atoms with Crippen molar-refractivity contribution < 1.29 is 24.1 Å². The molecule has 0 heterocycles. The van der Waals surface area contributed by atoms with Gasteiger partial charge in [0.25, 0.3) is 11.8 Å². The van der Waals surface area contributed by atoms with Gasteiger partial charge < -0.3 is 20.9 Å². The van der Waals surface area contributed by atoms with Crippen molar-refractivity contribution in [2.24, 2.45) is 0 Å². The summed E-state index contributed by atoms with van der Waals surface area (Å²) in [4.78, 5) is 47.6. The number of nitrogens with one attached hydrogen (secondary N) is 5. The minimum absolute atomic E-state index is 0.0132. The Morgan fingerprint density at radius 1 is 0.929 bits per heavy atom. The lowest BCUT2D eigenvalue weighted by Gasteiger charge is -2.17. The Labute approximate surface area is 165 Å². The predicted octanol–water partition coefficient (Wildman–Crippen LogP) is 0.113. The summed E-state index contributed by atoms with van der Waals surface area (Å²) in [6.07, 6.45) is 0.764. The number of imide groups is 1. The van der Waals surface area contributed by atoms with Gasteiger partial charge in [0.05, 0.1) is 6.54 Å². The number of hydrogen-bond donors (Lipinski definition) is 5. The van der Waals surface area contributed by atoms with Gasteiger partial charge in [-0.1, -0.05) is 6.92 Å². The predicted molar refractivity (Wildman–Crippen MR) is 107 cm³/mol. The van der Waals surface area contributed by atoms with Gasteiger partial charge >= 0.3 is 6.03 Å². The van der Waals surface area contributed by atoms with Crippen molar-refractivity contribution in [1.82, 2.24) is 10.6 Å². The quantitative estimate of drug-likeness (QED) is 0.410. The number of anilines is 2. The van der Waals surface area contributed by atoms with Gasteiger partial charge in [0.2, 0.25) is 5.91 Å². The summed E-state index contributed by atoms with van der Waals surface area (Å²) in [7, 11) is 0. The number of carbonyl (C=O) groups is 4. The summed E-state index contributed by atoms with van der Waals surface area (Å²) in [6, 6.07) is 6.18. The Morgan fingerprint density at radius 3 is 1.96 bits per heavy atom. The van der Waals surface area contributed by atoms with E-state index < -0.39 is 11.9 Å². The molecule has 0 saturated heterocycles. The lowest BCUT2D eigenvalue weighted by Crippen LogP contribution is -3.14. The molecule has 0 aliphatic rings. The molecular weight excluding hydrogens is 362 g/mol. The highest BCUT2D eigenvalue weighted by Gasteiger charge is 2.18. The van der Waals surface area contributed by atoms with Crippen LogP contribution in [0.15, 0.2) is 24.3 Å². The first kappa shape index (κ1) is 23.1. The van der Waals surface area contributed by atoms with Gasteiger partial charge in [-0.2, -0.15) is 0 Å². The molecule has 28 heavy (non-hydrogen) atoms. The van der Waals surface area contributed by atoms with Crippen molar-refractivity contribution in [2.75, 3.05) is 30.3 Å². The molecule has 5 amide bonds. The van der Waals surface area contributed by atoms with Crippen molar-refractivity contribution in [3.05, 3.63) is 24.3 Å². The summed E-state index contributed by atoms with van der Waals surface area (Å²) in [5.41, 5.74) is 1.23. The second-order valence-corrected chi connectivity index (χ2v) is 6.59. The molecule has 0 aliphatic heterocycles. The maximum absolute atomic E-state index is 12.2. The molecule has 1 aromatic rings. The summed E-state index contributed by atoms with van der Waals surface area (Å²) in [5, 5.41) is 10.3. The molecule has 0 fully saturated rings. The molecular formula is C19H30N5O4+. The van der Waals surface area contributed by atoms with Crippen molar-refractivity contribution in [3.63, 3.8) is 0 Å². The van der Waals surface area contributed by atoms with Crippen LogP contribution in [0, 0.1) is 0 Å². The van der Waals surface area contributed by atoms with E-state index in [1.165, 1.54) is 6.92 Å². The molecule has 0 spiro atoms. The van der Waals surface area contributed by atoms with Gasteiger partial charge in [-0.05, 0) is 44.5 Å². The number of rotatable bonds is 9. The summed E-state index contributed by atoms with van der Waals surface area (Å²) in [5.74, 6) is -0.860. The average Bonchev–Trinajstić information content (AvgIpc) is 2.61. The topological polar surface area (TPSA) is 121 Å². The van der Waals surface area contributed by atoms with E-state index in [4.69, 9.17) is 0 Å². The molecule has 1 aromatic carbocycles. The van der Waals surface area contributed by atoms with Crippen LogP contribution in [0.3, 0.4) is 0 Å². The largest absolute Gasteiger partial charge is 0.335 e. The molecule has 154 valence electrons. The third kappa shape index (κ3) is 9.13. The Hall–Kier alpha value is -2.94. The van der Waals surface area contributed by atoms with Gasteiger partial charge in [0, 0.05) is 24.3 Å². The number of carbonyl (C=O) groups excluding carboxylic acids is 4.